The molecule has 0 aliphatic carbocycles. The molecule has 0 saturated carbocycles. The summed E-state index contributed by atoms with van der Waals surface area (Å²) < 4.78 is 40.5. The van der Waals surface area contributed by atoms with E-state index in [9.17, 15) is 13.5 Å². The monoisotopic (exact) mass is 492 g/mol. The summed E-state index contributed by atoms with van der Waals surface area (Å²) in [5.41, 5.74) is 0.729. The zero-order chi connectivity index (χ0) is 24.9. The second kappa shape index (κ2) is 11.9. The van der Waals surface area contributed by atoms with Gasteiger partial charge in [-0.2, -0.15) is 4.31 Å². The average molecular weight is 493 g/mol. The molecule has 7 nitrogen and oxygen atoms in total. The van der Waals surface area contributed by atoms with Crippen LogP contribution in [0.5, 0.6) is 5.75 Å². The molecule has 34 heavy (non-hydrogen) atoms. The van der Waals surface area contributed by atoms with Crippen molar-refractivity contribution in [1.29, 1.82) is 0 Å². The van der Waals surface area contributed by atoms with Crippen molar-refractivity contribution in [3.63, 3.8) is 0 Å². The van der Waals surface area contributed by atoms with Crippen LogP contribution in [-0.2, 0) is 14.8 Å². The molecule has 2 aliphatic heterocycles. The van der Waals surface area contributed by atoms with E-state index < -0.39 is 16.1 Å². The minimum atomic E-state index is -3.84. The van der Waals surface area contributed by atoms with Crippen molar-refractivity contribution in [3.8, 4) is 17.6 Å². The first kappa shape index (κ1) is 27.0. The molecule has 0 bridgehead atoms. The number of likely N-dealkylation sites (N-methyl/N-ethyl adjacent to an activating group) is 1. The van der Waals surface area contributed by atoms with Crippen molar-refractivity contribution in [1.82, 2.24) is 9.21 Å². The molecule has 0 amide bonds. The summed E-state index contributed by atoms with van der Waals surface area (Å²) in [6.45, 7) is 11.1. The zero-order valence-corrected chi connectivity index (χ0v) is 22.0. The first-order valence-corrected chi connectivity index (χ1v) is 13.8. The Balaban J connectivity index is 1.94. The Morgan fingerprint density at radius 3 is 2.56 bits per heavy atom. The van der Waals surface area contributed by atoms with E-state index in [1.165, 1.54) is 4.31 Å². The highest BCUT2D eigenvalue weighted by Crippen LogP contribution is 2.34. The summed E-state index contributed by atoms with van der Waals surface area (Å²) in [4.78, 5) is 2.42. The quantitative estimate of drug-likeness (QED) is 0.616. The van der Waals surface area contributed by atoms with Gasteiger partial charge in [0.05, 0.1) is 6.61 Å². The van der Waals surface area contributed by atoms with Crippen LogP contribution in [0.3, 0.4) is 0 Å². The largest absolute Gasteiger partial charge is 0.487 e. The third-order valence-corrected chi connectivity index (χ3v) is 8.59. The van der Waals surface area contributed by atoms with E-state index in [-0.39, 0.29) is 36.0 Å². The van der Waals surface area contributed by atoms with Crippen LogP contribution in [0.4, 0.5) is 0 Å². The van der Waals surface area contributed by atoms with Gasteiger partial charge in [0.1, 0.15) is 16.7 Å². The van der Waals surface area contributed by atoms with E-state index in [4.69, 9.17) is 9.47 Å². The predicted molar refractivity (Wildman–Crippen MR) is 133 cm³/mol. The Labute approximate surface area is 205 Å². The molecule has 190 valence electrons. The molecule has 2 aliphatic rings. The molecule has 3 rings (SSSR count). The number of sulfonamides is 1. The summed E-state index contributed by atoms with van der Waals surface area (Å²) in [5.74, 6) is 7.33. The molecule has 1 aromatic rings. The van der Waals surface area contributed by atoms with Crippen LogP contribution < -0.4 is 4.74 Å². The molecule has 2 heterocycles. The van der Waals surface area contributed by atoms with E-state index in [1.54, 1.807) is 25.1 Å². The Morgan fingerprint density at radius 2 is 1.91 bits per heavy atom. The number of hydrogen-bond donors (Lipinski definition) is 1. The van der Waals surface area contributed by atoms with Crippen molar-refractivity contribution in [2.45, 2.75) is 57.6 Å². The summed E-state index contributed by atoms with van der Waals surface area (Å²) >= 11 is 0. The molecule has 1 saturated heterocycles. The lowest BCUT2D eigenvalue weighted by molar-refractivity contribution is 0.0402. The van der Waals surface area contributed by atoms with E-state index in [1.807, 2.05) is 20.8 Å². The SMILES string of the molecule is CC(C)C#Cc1ccc2c(c1)O[C@@H](CN(C)CC1CCOCC1)[C@H](C)CN([C@H](C)CO)S2(=O)=O. The minimum Gasteiger partial charge on any atom is -0.487 e. The average Bonchev–Trinajstić information content (AvgIpc) is 2.80. The van der Waals surface area contributed by atoms with Gasteiger partial charge in [-0.05, 0) is 50.9 Å². The molecular weight excluding hydrogens is 452 g/mol. The number of nitrogens with zero attached hydrogens (tertiary/aromatic N) is 2. The summed E-state index contributed by atoms with van der Waals surface area (Å²) in [6, 6.07) is 4.53. The van der Waals surface area contributed by atoms with Crippen LogP contribution in [0.15, 0.2) is 23.1 Å². The molecule has 0 spiro atoms. The fourth-order valence-corrected chi connectivity index (χ4v) is 6.33. The van der Waals surface area contributed by atoms with Crippen molar-refractivity contribution in [2.24, 2.45) is 17.8 Å². The lowest BCUT2D eigenvalue weighted by Crippen LogP contribution is -2.50. The van der Waals surface area contributed by atoms with Crippen LogP contribution in [0, 0.1) is 29.6 Å². The van der Waals surface area contributed by atoms with Crippen molar-refractivity contribution in [2.75, 3.05) is 46.5 Å². The summed E-state index contributed by atoms with van der Waals surface area (Å²) in [6.07, 6.45) is 1.92. The molecule has 0 aromatic heterocycles. The molecule has 0 unspecified atom stereocenters. The second-order valence-corrected chi connectivity index (χ2v) is 12.0. The van der Waals surface area contributed by atoms with Gasteiger partial charge in [-0.1, -0.05) is 32.6 Å². The highest BCUT2D eigenvalue weighted by atomic mass is 32.2. The summed E-state index contributed by atoms with van der Waals surface area (Å²) in [5, 5.41) is 9.80. The number of benzene rings is 1. The molecule has 0 radical (unpaired) electrons. The van der Waals surface area contributed by atoms with Gasteiger partial charge in [-0.15, -0.1) is 0 Å². The van der Waals surface area contributed by atoms with E-state index in [2.05, 4.69) is 23.8 Å². The van der Waals surface area contributed by atoms with Crippen molar-refractivity contribution >= 4 is 10.0 Å². The smallest absolute Gasteiger partial charge is 0.247 e. The number of aliphatic hydroxyl groups is 1. The van der Waals surface area contributed by atoms with Crippen LogP contribution in [-0.4, -0.2) is 81.4 Å². The number of ether oxygens (including phenoxy) is 2. The second-order valence-electron chi connectivity index (χ2n) is 10.1. The molecule has 1 fully saturated rings. The van der Waals surface area contributed by atoms with Gasteiger partial charge in [0.15, 0.2) is 0 Å². The van der Waals surface area contributed by atoms with Gasteiger partial charge in [-0.3, -0.25) is 0 Å². The lowest BCUT2D eigenvalue weighted by Gasteiger charge is -2.38. The maximum atomic E-state index is 13.6. The Hall–Kier alpha value is -1.63. The Bertz CT molecular complexity index is 979. The van der Waals surface area contributed by atoms with Gasteiger partial charge in [-0.25, -0.2) is 8.42 Å². The van der Waals surface area contributed by atoms with Gasteiger partial charge in [0.2, 0.25) is 10.0 Å². The normalized spacial score (nSPS) is 24.5. The highest BCUT2D eigenvalue weighted by molar-refractivity contribution is 7.89. The summed E-state index contributed by atoms with van der Waals surface area (Å²) in [7, 11) is -1.74. The number of aliphatic hydroxyl groups excluding tert-OH is 1. The Kier molecular flexibility index (Phi) is 9.41. The minimum absolute atomic E-state index is 0.0699. The molecule has 1 aromatic carbocycles. The fourth-order valence-electron chi connectivity index (χ4n) is 4.50. The number of hydrogen-bond acceptors (Lipinski definition) is 6. The molecule has 8 heteroatoms. The van der Waals surface area contributed by atoms with Gasteiger partial charge >= 0.3 is 0 Å². The maximum Gasteiger partial charge on any atom is 0.247 e. The van der Waals surface area contributed by atoms with Crippen LogP contribution in [0.25, 0.3) is 0 Å². The van der Waals surface area contributed by atoms with E-state index in [0.717, 1.165) is 38.2 Å². The third-order valence-electron chi connectivity index (χ3n) is 6.57. The zero-order valence-electron chi connectivity index (χ0n) is 21.2. The predicted octanol–water partition coefficient (Wildman–Crippen LogP) is 2.82. The van der Waals surface area contributed by atoms with Crippen LogP contribution in [0.1, 0.15) is 46.1 Å². The number of rotatable bonds is 6. The van der Waals surface area contributed by atoms with Crippen LogP contribution >= 0.6 is 0 Å². The van der Waals surface area contributed by atoms with Crippen molar-refractivity contribution in [3.05, 3.63) is 23.8 Å². The lowest BCUT2D eigenvalue weighted by atomic mass is 9.98. The van der Waals surface area contributed by atoms with Gasteiger partial charge in [0.25, 0.3) is 0 Å². The topological polar surface area (TPSA) is 79.3 Å². The molecular formula is C26H40N2O5S. The van der Waals surface area contributed by atoms with Gasteiger partial charge in [0, 0.05) is 56.3 Å². The van der Waals surface area contributed by atoms with E-state index in [0.29, 0.717) is 18.2 Å². The first-order chi connectivity index (χ1) is 16.1. The third kappa shape index (κ3) is 6.73. The highest BCUT2D eigenvalue weighted by Gasteiger charge is 2.38. The van der Waals surface area contributed by atoms with E-state index >= 15 is 0 Å². The number of fused-ring (bicyclic) bond motifs is 1. The van der Waals surface area contributed by atoms with Gasteiger partial charge < -0.3 is 19.5 Å². The standard InChI is InChI=1S/C26H40N2O5S/c1-19(2)6-7-22-8-9-26-24(14-22)33-25(17-27(5)16-23-10-12-32-13-11-23)20(3)15-28(21(4)18-29)34(26,30)31/h8-9,14,19-21,23,25,29H,10-13,15-18H2,1-5H3/t20-,21-,25+/m1/s1. The maximum absolute atomic E-state index is 13.6. The van der Waals surface area contributed by atoms with Crippen molar-refractivity contribution < 1.29 is 23.0 Å². The fraction of sp³-hybridized carbons (Fsp3) is 0.692. The Morgan fingerprint density at radius 1 is 1.21 bits per heavy atom. The molecule has 1 N–H and O–H groups in total. The first-order valence-electron chi connectivity index (χ1n) is 12.3. The molecule has 3 atom stereocenters. The van der Waals surface area contributed by atoms with Crippen LogP contribution in [0.2, 0.25) is 0 Å².